The van der Waals surface area contributed by atoms with Crippen molar-refractivity contribution in [1.82, 2.24) is 4.90 Å². The average Bonchev–Trinajstić information content (AvgIpc) is 2.43. The number of aliphatic hydroxyl groups is 1. The number of aryl methyl sites for hydroxylation is 1. The zero-order valence-electron chi connectivity index (χ0n) is 12.3. The summed E-state index contributed by atoms with van der Waals surface area (Å²) < 4.78 is 0. The Bertz CT molecular complexity index is 447. The quantitative estimate of drug-likeness (QED) is 0.842. The van der Waals surface area contributed by atoms with Gasteiger partial charge in [-0.15, -0.1) is 0 Å². The van der Waals surface area contributed by atoms with Crippen molar-refractivity contribution in [1.29, 1.82) is 0 Å². The smallest absolute Gasteiger partial charge is 0.322 e. The molecular formula is C15H23ClN2O2. The zero-order chi connectivity index (χ0) is 15.1. The predicted octanol–water partition coefficient (Wildman–Crippen LogP) is 3.66. The summed E-state index contributed by atoms with van der Waals surface area (Å²) in [7, 11) is 0. The van der Waals surface area contributed by atoms with Gasteiger partial charge >= 0.3 is 6.03 Å². The molecule has 0 heterocycles. The second-order valence-corrected chi connectivity index (χ2v) is 5.19. The van der Waals surface area contributed by atoms with Crippen molar-refractivity contribution >= 4 is 23.3 Å². The highest BCUT2D eigenvalue weighted by Crippen LogP contribution is 2.20. The Kier molecular flexibility index (Phi) is 6.82. The number of carbonyl (C=O) groups excluding carboxylic acids is 1. The lowest BCUT2D eigenvalue weighted by atomic mass is 10.1. The maximum Gasteiger partial charge on any atom is 0.322 e. The molecule has 4 nitrogen and oxygen atoms in total. The van der Waals surface area contributed by atoms with Gasteiger partial charge in [0.25, 0.3) is 0 Å². The molecule has 0 bridgehead atoms. The van der Waals surface area contributed by atoms with E-state index < -0.39 is 0 Å². The summed E-state index contributed by atoms with van der Waals surface area (Å²) in [4.78, 5) is 14.0. The van der Waals surface area contributed by atoms with Gasteiger partial charge in [-0.2, -0.15) is 0 Å². The van der Waals surface area contributed by atoms with Gasteiger partial charge in [-0.1, -0.05) is 31.5 Å². The van der Waals surface area contributed by atoms with Crippen molar-refractivity contribution in [2.75, 3.05) is 18.5 Å². The Morgan fingerprint density at radius 2 is 2.05 bits per heavy atom. The maximum absolute atomic E-state index is 12.3. The molecule has 0 saturated carbocycles. The summed E-state index contributed by atoms with van der Waals surface area (Å²) in [5.74, 6) is 0. The first kappa shape index (κ1) is 16.8. The number of nitrogens with zero attached hydrogens (tertiary/aromatic N) is 1. The van der Waals surface area contributed by atoms with Gasteiger partial charge < -0.3 is 15.3 Å². The van der Waals surface area contributed by atoms with Crippen LogP contribution in [0.4, 0.5) is 10.5 Å². The Labute approximate surface area is 125 Å². The summed E-state index contributed by atoms with van der Waals surface area (Å²) in [5, 5.41) is 12.6. The number of urea groups is 1. The van der Waals surface area contributed by atoms with Crippen molar-refractivity contribution in [3.8, 4) is 0 Å². The molecule has 0 radical (unpaired) electrons. The van der Waals surface area contributed by atoms with Gasteiger partial charge in [0, 0.05) is 23.3 Å². The van der Waals surface area contributed by atoms with Gasteiger partial charge in [0.1, 0.15) is 0 Å². The molecule has 0 saturated heterocycles. The number of nitrogens with one attached hydrogen (secondary N) is 1. The molecule has 112 valence electrons. The van der Waals surface area contributed by atoms with E-state index in [1.165, 1.54) is 0 Å². The zero-order valence-corrected chi connectivity index (χ0v) is 13.1. The lowest BCUT2D eigenvalue weighted by Crippen LogP contribution is -2.44. The normalized spacial score (nSPS) is 10.7. The van der Waals surface area contributed by atoms with Crippen molar-refractivity contribution in [3.63, 3.8) is 0 Å². The van der Waals surface area contributed by atoms with Crippen LogP contribution in [0.2, 0.25) is 5.02 Å². The summed E-state index contributed by atoms with van der Waals surface area (Å²) in [5.41, 5.74) is 1.64. The van der Waals surface area contributed by atoms with Crippen LogP contribution in [0.3, 0.4) is 0 Å². The lowest BCUT2D eigenvalue weighted by molar-refractivity contribution is 0.158. The molecule has 0 fully saturated rings. The fourth-order valence-electron chi connectivity index (χ4n) is 2.15. The largest absolute Gasteiger partial charge is 0.395 e. The first-order valence-corrected chi connectivity index (χ1v) is 7.35. The third-order valence-electron chi connectivity index (χ3n) is 3.41. The molecule has 1 rings (SSSR count). The molecule has 2 amide bonds. The first-order chi connectivity index (χ1) is 9.53. The van der Waals surface area contributed by atoms with Crippen LogP contribution in [-0.4, -0.2) is 35.2 Å². The molecule has 5 heteroatoms. The molecule has 0 atom stereocenters. The SMILES string of the molecule is CCC(CC)N(CCO)C(=O)Nc1ccc(C)c(Cl)c1. The molecule has 0 spiro atoms. The average molecular weight is 299 g/mol. The van der Waals surface area contributed by atoms with Gasteiger partial charge in [0.05, 0.1) is 6.61 Å². The van der Waals surface area contributed by atoms with Gasteiger partial charge in [-0.3, -0.25) is 0 Å². The molecule has 1 aromatic rings. The maximum atomic E-state index is 12.3. The molecule has 1 aromatic carbocycles. The van der Waals surface area contributed by atoms with Crippen LogP contribution in [0.15, 0.2) is 18.2 Å². The highest BCUT2D eigenvalue weighted by Gasteiger charge is 2.20. The third-order valence-corrected chi connectivity index (χ3v) is 3.82. The van der Waals surface area contributed by atoms with E-state index in [0.29, 0.717) is 17.3 Å². The summed E-state index contributed by atoms with van der Waals surface area (Å²) in [6.07, 6.45) is 1.72. The topological polar surface area (TPSA) is 52.6 Å². The molecular weight excluding hydrogens is 276 g/mol. The molecule has 0 aliphatic heterocycles. The number of anilines is 1. The summed E-state index contributed by atoms with van der Waals surface area (Å²) in [6, 6.07) is 5.35. The molecule has 0 aliphatic carbocycles. The highest BCUT2D eigenvalue weighted by molar-refractivity contribution is 6.31. The van der Waals surface area contributed by atoms with Crippen LogP contribution in [-0.2, 0) is 0 Å². The minimum absolute atomic E-state index is 0.0431. The van der Waals surface area contributed by atoms with E-state index in [1.807, 2.05) is 32.9 Å². The van der Waals surface area contributed by atoms with Crippen molar-refractivity contribution < 1.29 is 9.90 Å². The standard InChI is InChI=1S/C15H23ClN2O2/c1-4-13(5-2)18(8-9-19)15(20)17-12-7-6-11(3)14(16)10-12/h6-7,10,13,19H,4-5,8-9H2,1-3H3,(H,17,20). The Hall–Kier alpha value is -1.26. The molecule has 20 heavy (non-hydrogen) atoms. The molecule has 0 aromatic heterocycles. The minimum Gasteiger partial charge on any atom is -0.395 e. The van der Waals surface area contributed by atoms with Crippen LogP contribution in [0, 0.1) is 6.92 Å². The van der Waals surface area contributed by atoms with E-state index in [9.17, 15) is 4.79 Å². The van der Waals surface area contributed by atoms with Gasteiger partial charge in [0.2, 0.25) is 0 Å². The van der Waals surface area contributed by atoms with Gasteiger partial charge in [-0.25, -0.2) is 4.79 Å². The fourth-order valence-corrected chi connectivity index (χ4v) is 2.33. The molecule has 0 unspecified atom stereocenters. The van der Waals surface area contributed by atoms with Crippen molar-refractivity contribution in [2.24, 2.45) is 0 Å². The van der Waals surface area contributed by atoms with E-state index in [4.69, 9.17) is 16.7 Å². The fraction of sp³-hybridized carbons (Fsp3) is 0.533. The highest BCUT2D eigenvalue weighted by atomic mass is 35.5. The Morgan fingerprint density at radius 1 is 1.40 bits per heavy atom. The minimum atomic E-state index is -0.201. The number of hydrogen-bond acceptors (Lipinski definition) is 2. The molecule has 0 aliphatic rings. The Morgan fingerprint density at radius 3 is 2.55 bits per heavy atom. The van der Waals surface area contributed by atoms with E-state index in [2.05, 4.69) is 5.32 Å². The van der Waals surface area contributed by atoms with E-state index in [-0.39, 0.29) is 18.7 Å². The number of carbonyl (C=O) groups is 1. The lowest BCUT2D eigenvalue weighted by Gasteiger charge is -2.30. The van der Waals surface area contributed by atoms with Gasteiger partial charge in [-0.05, 0) is 37.5 Å². The number of benzene rings is 1. The number of amides is 2. The number of halogens is 1. The Balaban J connectivity index is 2.81. The summed E-state index contributed by atoms with van der Waals surface area (Å²) >= 11 is 6.05. The van der Waals surface area contributed by atoms with E-state index in [0.717, 1.165) is 18.4 Å². The van der Waals surface area contributed by atoms with E-state index in [1.54, 1.807) is 11.0 Å². The van der Waals surface area contributed by atoms with Crippen molar-refractivity contribution in [2.45, 2.75) is 39.7 Å². The predicted molar refractivity (Wildman–Crippen MR) is 83.4 cm³/mol. The van der Waals surface area contributed by atoms with Crippen LogP contribution in [0.5, 0.6) is 0 Å². The second kappa shape index (κ2) is 8.12. The first-order valence-electron chi connectivity index (χ1n) is 6.98. The van der Waals surface area contributed by atoms with Crippen LogP contribution in [0.1, 0.15) is 32.3 Å². The monoisotopic (exact) mass is 298 g/mol. The molecule has 2 N–H and O–H groups in total. The number of aliphatic hydroxyl groups excluding tert-OH is 1. The third kappa shape index (κ3) is 4.39. The van der Waals surface area contributed by atoms with Crippen molar-refractivity contribution in [3.05, 3.63) is 28.8 Å². The van der Waals surface area contributed by atoms with Crippen LogP contribution in [0.25, 0.3) is 0 Å². The van der Waals surface area contributed by atoms with Gasteiger partial charge in [0.15, 0.2) is 0 Å². The number of hydrogen-bond donors (Lipinski definition) is 2. The number of rotatable bonds is 6. The summed E-state index contributed by atoms with van der Waals surface area (Å²) in [6.45, 7) is 6.27. The van der Waals surface area contributed by atoms with E-state index >= 15 is 0 Å². The van der Waals surface area contributed by atoms with Crippen LogP contribution >= 0.6 is 11.6 Å². The second-order valence-electron chi connectivity index (χ2n) is 4.78. The van der Waals surface area contributed by atoms with Crippen LogP contribution < -0.4 is 5.32 Å².